The van der Waals surface area contributed by atoms with Gasteiger partial charge in [-0.1, -0.05) is 6.07 Å². The highest BCUT2D eigenvalue weighted by molar-refractivity contribution is 5.75. The van der Waals surface area contributed by atoms with E-state index in [1.807, 2.05) is 0 Å². The number of hydrogen-bond donors (Lipinski definition) is 2. The van der Waals surface area contributed by atoms with Crippen LogP contribution in [0.5, 0.6) is 0 Å². The van der Waals surface area contributed by atoms with Crippen LogP contribution in [0.2, 0.25) is 0 Å². The first-order chi connectivity index (χ1) is 8.31. The van der Waals surface area contributed by atoms with E-state index in [-0.39, 0.29) is 0 Å². The number of aromatic nitrogens is 2. The van der Waals surface area contributed by atoms with Gasteiger partial charge < -0.3 is 10.3 Å². The van der Waals surface area contributed by atoms with Gasteiger partial charge in [0.2, 0.25) is 0 Å². The molecular weight excluding hydrogens is 210 g/mol. The van der Waals surface area contributed by atoms with Gasteiger partial charge in [0.05, 0.1) is 11.0 Å². The molecule has 3 heteroatoms. The van der Waals surface area contributed by atoms with Gasteiger partial charge in [-0.3, -0.25) is 0 Å². The number of fused-ring (bicyclic) bond motifs is 1. The van der Waals surface area contributed by atoms with Crippen molar-refractivity contribution in [3.63, 3.8) is 0 Å². The summed E-state index contributed by atoms with van der Waals surface area (Å²) < 4.78 is 0. The molecule has 0 aliphatic carbocycles. The van der Waals surface area contributed by atoms with Gasteiger partial charge in [0.1, 0.15) is 5.82 Å². The molecule has 3 nitrogen and oxygen atoms in total. The quantitative estimate of drug-likeness (QED) is 0.830. The number of nitrogens with one attached hydrogen (secondary N) is 2. The van der Waals surface area contributed by atoms with Crippen molar-refractivity contribution in [2.24, 2.45) is 5.92 Å². The fourth-order valence-electron chi connectivity index (χ4n) is 2.63. The summed E-state index contributed by atoms with van der Waals surface area (Å²) in [5, 5.41) is 3.40. The molecule has 2 aromatic rings. The van der Waals surface area contributed by atoms with E-state index in [1.165, 1.54) is 23.9 Å². The van der Waals surface area contributed by atoms with Crippen LogP contribution in [0.3, 0.4) is 0 Å². The molecule has 0 amide bonds. The first-order valence-electron chi connectivity index (χ1n) is 6.47. The van der Waals surface area contributed by atoms with E-state index in [2.05, 4.69) is 40.4 Å². The van der Waals surface area contributed by atoms with Crippen LogP contribution in [-0.4, -0.2) is 23.1 Å². The monoisotopic (exact) mass is 229 g/mol. The van der Waals surface area contributed by atoms with Gasteiger partial charge in [0.25, 0.3) is 0 Å². The van der Waals surface area contributed by atoms with Crippen molar-refractivity contribution in [3.05, 3.63) is 29.6 Å². The molecule has 2 N–H and O–H groups in total. The van der Waals surface area contributed by atoms with Crippen LogP contribution < -0.4 is 5.32 Å². The lowest BCUT2D eigenvalue weighted by Gasteiger charge is -2.21. The molecule has 0 radical (unpaired) electrons. The highest BCUT2D eigenvalue weighted by Gasteiger charge is 2.15. The molecule has 0 bridgehead atoms. The largest absolute Gasteiger partial charge is 0.342 e. The lowest BCUT2D eigenvalue weighted by atomic mass is 9.94. The average Bonchev–Trinajstić information content (AvgIpc) is 2.71. The fraction of sp³-hybridized carbons (Fsp3) is 0.500. The molecule has 1 fully saturated rings. The highest BCUT2D eigenvalue weighted by atomic mass is 14.9. The molecule has 1 aromatic heterocycles. The van der Waals surface area contributed by atoms with Gasteiger partial charge in [0.15, 0.2) is 0 Å². The lowest BCUT2D eigenvalue weighted by molar-refractivity contribution is 0.368. The number of rotatable bonds is 2. The number of aryl methyl sites for hydroxylation is 1. The van der Waals surface area contributed by atoms with E-state index in [4.69, 9.17) is 0 Å². The number of aromatic amines is 1. The first-order valence-corrected chi connectivity index (χ1v) is 6.47. The summed E-state index contributed by atoms with van der Waals surface area (Å²) >= 11 is 0. The molecule has 17 heavy (non-hydrogen) atoms. The SMILES string of the molecule is Cc1ccc2nc(CC3CCNCC3)[nH]c2c1. The van der Waals surface area contributed by atoms with E-state index in [0.717, 1.165) is 36.8 Å². The molecule has 0 atom stereocenters. The maximum Gasteiger partial charge on any atom is 0.107 e. The molecule has 3 rings (SSSR count). The second-order valence-electron chi connectivity index (χ2n) is 5.10. The Bertz CT molecular complexity index is 509. The third kappa shape index (κ3) is 2.34. The van der Waals surface area contributed by atoms with Crippen LogP contribution in [0.1, 0.15) is 24.2 Å². The van der Waals surface area contributed by atoms with Crippen LogP contribution in [-0.2, 0) is 6.42 Å². The Morgan fingerprint density at radius 2 is 2.12 bits per heavy atom. The van der Waals surface area contributed by atoms with Crippen molar-refractivity contribution in [2.75, 3.05) is 13.1 Å². The third-order valence-electron chi connectivity index (χ3n) is 3.63. The minimum Gasteiger partial charge on any atom is -0.342 e. The van der Waals surface area contributed by atoms with Crippen molar-refractivity contribution >= 4 is 11.0 Å². The maximum absolute atomic E-state index is 4.67. The van der Waals surface area contributed by atoms with Gasteiger partial charge in [-0.2, -0.15) is 0 Å². The summed E-state index contributed by atoms with van der Waals surface area (Å²) in [5.74, 6) is 1.94. The van der Waals surface area contributed by atoms with Gasteiger partial charge >= 0.3 is 0 Å². The van der Waals surface area contributed by atoms with E-state index in [0.29, 0.717) is 0 Å². The van der Waals surface area contributed by atoms with Crippen LogP contribution in [0.25, 0.3) is 11.0 Å². The molecule has 90 valence electrons. The first kappa shape index (κ1) is 10.8. The summed E-state index contributed by atoms with van der Waals surface area (Å²) in [7, 11) is 0. The van der Waals surface area contributed by atoms with E-state index >= 15 is 0 Å². The summed E-state index contributed by atoms with van der Waals surface area (Å²) in [5.41, 5.74) is 3.56. The average molecular weight is 229 g/mol. The molecule has 0 unspecified atom stereocenters. The summed E-state index contributed by atoms with van der Waals surface area (Å²) in [4.78, 5) is 8.12. The fourth-order valence-corrected chi connectivity index (χ4v) is 2.63. The Morgan fingerprint density at radius 3 is 2.94 bits per heavy atom. The minimum atomic E-state index is 0.790. The van der Waals surface area contributed by atoms with Crippen LogP contribution >= 0.6 is 0 Å². The van der Waals surface area contributed by atoms with Crippen LogP contribution in [0.4, 0.5) is 0 Å². The molecule has 1 saturated heterocycles. The second-order valence-corrected chi connectivity index (χ2v) is 5.10. The van der Waals surface area contributed by atoms with Gasteiger partial charge in [0, 0.05) is 6.42 Å². The molecular formula is C14H19N3. The maximum atomic E-state index is 4.67. The topological polar surface area (TPSA) is 40.7 Å². The second kappa shape index (κ2) is 4.49. The summed E-state index contributed by atoms with van der Waals surface area (Å²) in [6.07, 6.45) is 3.64. The smallest absolute Gasteiger partial charge is 0.107 e. The zero-order valence-electron chi connectivity index (χ0n) is 10.3. The van der Waals surface area contributed by atoms with Crippen LogP contribution in [0.15, 0.2) is 18.2 Å². The Labute approximate surface area is 102 Å². The number of piperidine rings is 1. The van der Waals surface area contributed by atoms with Crippen molar-refractivity contribution < 1.29 is 0 Å². The summed E-state index contributed by atoms with van der Waals surface area (Å²) in [6.45, 7) is 4.43. The lowest BCUT2D eigenvalue weighted by Crippen LogP contribution is -2.28. The van der Waals surface area contributed by atoms with Gasteiger partial charge in [-0.15, -0.1) is 0 Å². The molecule has 2 heterocycles. The normalized spacial score (nSPS) is 17.7. The van der Waals surface area contributed by atoms with Crippen LogP contribution in [0, 0.1) is 12.8 Å². The van der Waals surface area contributed by atoms with Gasteiger partial charge in [-0.05, 0) is 56.5 Å². The predicted molar refractivity (Wildman–Crippen MR) is 70.1 cm³/mol. The number of nitrogens with zero attached hydrogens (tertiary/aromatic N) is 1. The third-order valence-corrected chi connectivity index (χ3v) is 3.63. The molecule has 1 aromatic carbocycles. The van der Waals surface area contributed by atoms with E-state index in [1.54, 1.807) is 0 Å². The number of imidazole rings is 1. The number of hydrogen-bond acceptors (Lipinski definition) is 2. The van der Waals surface area contributed by atoms with E-state index < -0.39 is 0 Å². The Morgan fingerprint density at radius 1 is 1.29 bits per heavy atom. The number of benzene rings is 1. The van der Waals surface area contributed by atoms with Crippen molar-refractivity contribution in [1.82, 2.24) is 15.3 Å². The standard InChI is InChI=1S/C14H19N3/c1-10-2-3-12-13(8-10)17-14(16-12)9-11-4-6-15-7-5-11/h2-3,8,11,15H,4-7,9H2,1H3,(H,16,17). The van der Waals surface area contributed by atoms with Crippen molar-refractivity contribution in [1.29, 1.82) is 0 Å². The predicted octanol–water partition coefficient (Wildman–Crippen LogP) is 2.41. The molecule has 0 spiro atoms. The minimum absolute atomic E-state index is 0.790. The van der Waals surface area contributed by atoms with Crippen molar-refractivity contribution in [3.8, 4) is 0 Å². The Hall–Kier alpha value is -1.35. The Kier molecular flexibility index (Phi) is 2.85. The van der Waals surface area contributed by atoms with Gasteiger partial charge in [-0.25, -0.2) is 4.98 Å². The van der Waals surface area contributed by atoms with E-state index in [9.17, 15) is 0 Å². The van der Waals surface area contributed by atoms with Crippen molar-refractivity contribution in [2.45, 2.75) is 26.2 Å². The molecule has 0 saturated carbocycles. The zero-order chi connectivity index (χ0) is 11.7. The summed E-state index contributed by atoms with van der Waals surface area (Å²) in [6, 6.07) is 6.40. The molecule has 1 aliphatic heterocycles. The Balaban J connectivity index is 1.80. The zero-order valence-corrected chi connectivity index (χ0v) is 10.3. The highest BCUT2D eigenvalue weighted by Crippen LogP contribution is 2.19. The molecule has 1 aliphatic rings. The number of H-pyrrole nitrogens is 1.